The van der Waals surface area contributed by atoms with E-state index in [1.165, 1.54) is 11.1 Å². The molecule has 1 atom stereocenters. The number of benzene rings is 2. The van der Waals surface area contributed by atoms with Gasteiger partial charge in [0.05, 0.1) is 11.4 Å². The first-order chi connectivity index (χ1) is 18.5. The van der Waals surface area contributed by atoms with Gasteiger partial charge in [0, 0.05) is 55.3 Å². The SMILES string of the molecule is Cc1cc(N2CCC(N(C)N3C(=O)CN(S(=O)(=O)c4ccc5cc(Cl)ccc5c4)CC3C(N)=O)CC2)ccn1.Cl. The zero-order valence-electron chi connectivity index (χ0n) is 22.2. The molecule has 40 heavy (non-hydrogen) atoms. The normalized spacial score (nSPS) is 19.2. The van der Waals surface area contributed by atoms with Crippen molar-refractivity contribution in [3.05, 3.63) is 65.4 Å². The predicted molar refractivity (Wildman–Crippen MR) is 157 cm³/mol. The quantitative estimate of drug-likeness (QED) is 0.458. The molecule has 0 saturated carbocycles. The van der Waals surface area contributed by atoms with Crippen LogP contribution in [0.1, 0.15) is 18.5 Å². The van der Waals surface area contributed by atoms with Crippen molar-refractivity contribution in [1.82, 2.24) is 19.3 Å². The molecule has 0 aliphatic carbocycles. The Kier molecular flexibility index (Phi) is 8.91. The Labute approximate surface area is 245 Å². The molecule has 2 amide bonds. The maximum Gasteiger partial charge on any atom is 0.252 e. The van der Waals surface area contributed by atoms with Gasteiger partial charge >= 0.3 is 0 Å². The van der Waals surface area contributed by atoms with E-state index >= 15 is 0 Å². The average molecular weight is 608 g/mol. The van der Waals surface area contributed by atoms with Crippen LogP contribution in [-0.4, -0.2) is 84.8 Å². The Balaban J connectivity index is 0.00000370. The van der Waals surface area contributed by atoms with Crippen molar-refractivity contribution in [3.63, 3.8) is 0 Å². The molecular weight excluding hydrogens is 575 g/mol. The summed E-state index contributed by atoms with van der Waals surface area (Å²) in [7, 11) is -2.30. The Bertz CT molecular complexity index is 1530. The second-order valence-electron chi connectivity index (χ2n) is 10.1. The zero-order chi connectivity index (χ0) is 27.9. The Hall–Kier alpha value is -2.96. The lowest BCUT2D eigenvalue weighted by atomic mass is 10.0. The number of piperazine rings is 1. The summed E-state index contributed by atoms with van der Waals surface area (Å²) in [6.07, 6.45) is 3.31. The van der Waals surface area contributed by atoms with Gasteiger partial charge in [-0.25, -0.2) is 13.4 Å². The van der Waals surface area contributed by atoms with Crippen molar-refractivity contribution < 1.29 is 18.0 Å². The molecule has 5 rings (SSSR count). The molecule has 1 unspecified atom stereocenters. The molecule has 1 aromatic heterocycles. The van der Waals surface area contributed by atoms with E-state index in [1.54, 1.807) is 48.6 Å². The number of sulfonamides is 1. The number of anilines is 1. The lowest BCUT2D eigenvalue weighted by Crippen LogP contribution is -2.67. The summed E-state index contributed by atoms with van der Waals surface area (Å²) in [6.45, 7) is 2.89. The van der Waals surface area contributed by atoms with Crippen LogP contribution in [0.25, 0.3) is 10.8 Å². The van der Waals surface area contributed by atoms with E-state index in [1.807, 2.05) is 19.1 Å². The second-order valence-corrected chi connectivity index (χ2v) is 12.4. The van der Waals surface area contributed by atoms with Crippen LogP contribution in [0.2, 0.25) is 5.02 Å². The van der Waals surface area contributed by atoms with E-state index in [0.717, 1.165) is 47.0 Å². The van der Waals surface area contributed by atoms with Crippen molar-refractivity contribution in [1.29, 1.82) is 0 Å². The fourth-order valence-corrected chi connectivity index (χ4v) is 7.04. The number of carbonyl (C=O) groups excluding carboxylic acids is 2. The van der Waals surface area contributed by atoms with Crippen molar-refractivity contribution in [2.75, 3.05) is 38.1 Å². The Morgan fingerprint density at radius 3 is 2.42 bits per heavy atom. The van der Waals surface area contributed by atoms with Gasteiger partial charge in [-0.2, -0.15) is 4.31 Å². The highest BCUT2D eigenvalue weighted by Crippen LogP contribution is 2.28. The van der Waals surface area contributed by atoms with E-state index < -0.39 is 27.9 Å². The number of halogens is 2. The summed E-state index contributed by atoms with van der Waals surface area (Å²) >= 11 is 6.05. The fourth-order valence-electron chi connectivity index (χ4n) is 5.43. The van der Waals surface area contributed by atoms with Gasteiger partial charge in [0.1, 0.15) is 6.04 Å². The third-order valence-corrected chi connectivity index (χ3v) is 9.60. The number of hydrogen-bond acceptors (Lipinski definition) is 7. The minimum Gasteiger partial charge on any atom is -0.371 e. The molecule has 0 spiro atoms. The molecule has 3 aromatic rings. The lowest BCUT2D eigenvalue weighted by Gasteiger charge is -2.47. The summed E-state index contributed by atoms with van der Waals surface area (Å²) in [5, 5.41) is 5.17. The maximum atomic E-state index is 13.5. The van der Waals surface area contributed by atoms with Crippen LogP contribution in [0.5, 0.6) is 0 Å². The summed E-state index contributed by atoms with van der Waals surface area (Å²) < 4.78 is 28.1. The number of amides is 2. The molecule has 13 heteroatoms. The summed E-state index contributed by atoms with van der Waals surface area (Å²) in [6, 6.07) is 12.8. The van der Waals surface area contributed by atoms with E-state index in [0.29, 0.717) is 10.4 Å². The largest absolute Gasteiger partial charge is 0.371 e. The van der Waals surface area contributed by atoms with Gasteiger partial charge in [0.15, 0.2) is 0 Å². The smallest absolute Gasteiger partial charge is 0.252 e. The van der Waals surface area contributed by atoms with E-state index in [-0.39, 0.29) is 36.4 Å². The number of piperidine rings is 1. The molecule has 10 nitrogen and oxygen atoms in total. The number of hydrazine groups is 1. The molecule has 2 aromatic carbocycles. The zero-order valence-corrected chi connectivity index (χ0v) is 24.6. The highest BCUT2D eigenvalue weighted by atomic mass is 35.5. The van der Waals surface area contributed by atoms with Gasteiger partial charge in [-0.15, -0.1) is 12.4 Å². The van der Waals surface area contributed by atoms with Gasteiger partial charge in [-0.05, 0) is 66.9 Å². The van der Waals surface area contributed by atoms with Gasteiger partial charge < -0.3 is 10.6 Å². The first-order valence-corrected chi connectivity index (χ1v) is 14.6. The average Bonchev–Trinajstić information content (AvgIpc) is 2.92. The number of pyridine rings is 1. The minimum atomic E-state index is -4.06. The standard InChI is InChI=1S/C27H31ClN6O4S.ClH/c1-18-13-23(7-10-30-18)32-11-8-22(9-12-32)31(2)34-25(27(29)36)16-33(17-26(34)35)39(37,38)24-6-4-19-14-21(28)5-3-20(19)15-24;/h3-7,10,13-15,22,25H,8-9,11-12,16-17H2,1-2H3,(H2,29,36);1H. The molecule has 2 N–H and O–H groups in total. The lowest BCUT2D eigenvalue weighted by molar-refractivity contribution is -0.169. The van der Waals surface area contributed by atoms with Crippen LogP contribution < -0.4 is 10.6 Å². The number of primary amides is 1. The molecule has 2 aliphatic rings. The summed E-state index contributed by atoms with van der Waals surface area (Å²) in [5.41, 5.74) is 7.77. The van der Waals surface area contributed by atoms with Crippen molar-refractivity contribution in [2.24, 2.45) is 5.73 Å². The number of fused-ring (bicyclic) bond motifs is 1. The molecule has 2 aliphatic heterocycles. The first-order valence-electron chi connectivity index (χ1n) is 12.8. The van der Waals surface area contributed by atoms with Gasteiger partial charge in [0.25, 0.3) is 5.91 Å². The fraction of sp³-hybridized carbons (Fsp3) is 0.370. The molecule has 2 fully saturated rings. The third kappa shape index (κ3) is 5.89. The van der Waals surface area contributed by atoms with Crippen molar-refractivity contribution >= 4 is 62.3 Å². The molecule has 0 bridgehead atoms. The number of aromatic nitrogens is 1. The number of aryl methyl sites for hydroxylation is 1. The highest BCUT2D eigenvalue weighted by Gasteiger charge is 2.44. The predicted octanol–water partition coefficient (Wildman–Crippen LogP) is 2.82. The summed E-state index contributed by atoms with van der Waals surface area (Å²) in [4.78, 5) is 32.5. The molecule has 214 valence electrons. The van der Waals surface area contributed by atoms with Crippen LogP contribution in [-0.2, 0) is 19.6 Å². The molecule has 0 radical (unpaired) electrons. The minimum absolute atomic E-state index is 0. The molecule has 2 saturated heterocycles. The highest BCUT2D eigenvalue weighted by molar-refractivity contribution is 7.89. The number of nitrogens with zero attached hydrogens (tertiary/aromatic N) is 5. The van der Waals surface area contributed by atoms with Gasteiger partial charge in [-0.1, -0.05) is 23.7 Å². The van der Waals surface area contributed by atoms with E-state index in [9.17, 15) is 18.0 Å². The van der Waals surface area contributed by atoms with Crippen molar-refractivity contribution in [2.45, 2.75) is 36.7 Å². The Morgan fingerprint density at radius 1 is 1.07 bits per heavy atom. The number of nitrogens with two attached hydrogens (primary N) is 1. The van der Waals surface area contributed by atoms with Crippen LogP contribution in [0, 0.1) is 6.92 Å². The first kappa shape index (κ1) is 30.0. The van der Waals surface area contributed by atoms with Crippen LogP contribution in [0.3, 0.4) is 0 Å². The topological polar surface area (TPSA) is 120 Å². The third-order valence-electron chi connectivity index (χ3n) is 7.56. The number of hydrogen-bond donors (Lipinski definition) is 1. The van der Waals surface area contributed by atoms with Crippen LogP contribution in [0.15, 0.2) is 59.6 Å². The molecule has 3 heterocycles. The maximum absolute atomic E-state index is 13.5. The van der Waals surface area contributed by atoms with E-state index in [2.05, 4.69) is 9.88 Å². The second kappa shape index (κ2) is 11.9. The van der Waals surface area contributed by atoms with E-state index in [4.69, 9.17) is 17.3 Å². The molecular formula is C27H32Cl2N6O4S. The Morgan fingerprint density at radius 2 is 1.75 bits per heavy atom. The summed E-state index contributed by atoms with van der Waals surface area (Å²) in [5.74, 6) is -1.25. The number of carbonyl (C=O) groups is 2. The van der Waals surface area contributed by atoms with Crippen LogP contribution >= 0.6 is 24.0 Å². The monoisotopic (exact) mass is 606 g/mol. The van der Waals surface area contributed by atoms with Gasteiger partial charge in [0.2, 0.25) is 15.9 Å². The van der Waals surface area contributed by atoms with Crippen molar-refractivity contribution in [3.8, 4) is 0 Å². The number of rotatable bonds is 6. The van der Waals surface area contributed by atoms with Crippen LogP contribution in [0.4, 0.5) is 5.69 Å². The van der Waals surface area contributed by atoms with Gasteiger partial charge in [-0.3, -0.25) is 19.6 Å².